The predicted octanol–water partition coefficient (Wildman–Crippen LogP) is 6.60. The molecule has 4 aliphatic rings. The number of hydrogen-bond donors (Lipinski definition) is 0. The number of carbonyl (C=O) groups excluding carboxylic acids is 1. The highest BCUT2D eigenvalue weighted by Crippen LogP contribution is 2.55. The second-order valence-corrected chi connectivity index (χ2v) is 18.8. The Labute approximate surface area is 264 Å². The lowest BCUT2D eigenvalue weighted by molar-refractivity contribution is -0.0659. The lowest BCUT2D eigenvalue weighted by Crippen LogP contribution is -2.70. The van der Waals surface area contributed by atoms with E-state index in [1.807, 2.05) is 6.92 Å². The van der Waals surface area contributed by atoms with Crippen LogP contribution >= 0.6 is 0 Å². The van der Waals surface area contributed by atoms with Crippen LogP contribution in [0.1, 0.15) is 65.4 Å². The van der Waals surface area contributed by atoms with Crippen LogP contribution in [0.15, 0.2) is 91.0 Å². The fourth-order valence-electron chi connectivity index (χ4n) is 9.35. The number of ether oxygens (including phenoxy) is 1. The average Bonchev–Trinajstić information content (AvgIpc) is 3.13. The van der Waals surface area contributed by atoms with Gasteiger partial charge in [-0.2, -0.15) is 0 Å². The van der Waals surface area contributed by atoms with Crippen molar-refractivity contribution in [3.8, 4) is 0 Å². The molecule has 1 amide bonds. The molecule has 3 saturated heterocycles. The van der Waals surface area contributed by atoms with Crippen LogP contribution in [0.2, 0.25) is 5.04 Å². The smallest absolute Gasteiger partial charge is 0.410 e. The third-order valence-electron chi connectivity index (χ3n) is 11.2. The van der Waals surface area contributed by atoms with Crippen LogP contribution in [-0.2, 0) is 15.7 Å². The first kappa shape index (κ1) is 29.8. The summed E-state index contributed by atoms with van der Waals surface area (Å²) >= 11 is 0. The van der Waals surface area contributed by atoms with Gasteiger partial charge in [-0.15, -0.1) is 0 Å². The van der Waals surface area contributed by atoms with E-state index in [-0.39, 0.29) is 35.4 Å². The van der Waals surface area contributed by atoms with Crippen molar-refractivity contribution in [3.63, 3.8) is 0 Å². The molecule has 3 heterocycles. The van der Waals surface area contributed by atoms with Gasteiger partial charge in [-0.3, -0.25) is 9.80 Å². The van der Waals surface area contributed by atoms with Crippen molar-refractivity contribution >= 4 is 24.8 Å². The summed E-state index contributed by atoms with van der Waals surface area (Å²) in [6.07, 6.45) is 5.73. The summed E-state index contributed by atoms with van der Waals surface area (Å²) in [5.74, 6) is 1.29. The van der Waals surface area contributed by atoms with Crippen LogP contribution in [0.25, 0.3) is 0 Å². The molecule has 5 nitrogen and oxygen atoms in total. The maximum absolute atomic E-state index is 13.8. The van der Waals surface area contributed by atoms with Crippen molar-refractivity contribution in [2.24, 2.45) is 11.8 Å². The maximum atomic E-state index is 13.8. The second kappa shape index (κ2) is 11.8. The summed E-state index contributed by atoms with van der Waals surface area (Å²) in [5.41, 5.74) is 1.34. The van der Waals surface area contributed by atoms with Crippen molar-refractivity contribution in [1.29, 1.82) is 0 Å². The number of benzene rings is 3. The van der Waals surface area contributed by atoms with E-state index in [0.29, 0.717) is 18.6 Å². The summed E-state index contributed by atoms with van der Waals surface area (Å²) in [7, 11) is -2.87. The lowest BCUT2D eigenvalue weighted by atomic mass is 9.68. The first-order chi connectivity index (χ1) is 21.3. The molecular formula is C38H48N2O3Si. The van der Waals surface area contributed by atoms with Gasteiger partial charge < -0.3 is 9.16 Å². The minimum Gasteiger partial charge on any atom is -0.450 e. The maximum Gasteiger partial charge on any atom is 0.410 e. The molecule has 232 valence electrons. The van der Waals surface area contributed by atoms with Gasteiger partial charge in [0, 0.05) is 12.6 Å². The molecule has 6 atom stereocenters. The Balaban J connectivity index is 1.39. The topological polar surface area (TPSA) is 42.0 Å². The van der Waals surface area contributed by atoms with Crippen LogP contribution in [0.3, 0.4) is 0 Å². The minimum atomic E-state index is -2.87. The molecule has 7 rings (SSSR count). The van der Waals surface area contributed by atoms with Gasteiger partial charge in [-0.25, -0.2) is 4.79 Å². The molecule has 1 aliphatic carbocycles. The number of carbonyl (C=O) groups is 1. The Hall–Kier alpha value is -2.93. The Kier molecular flexibility index (Phi) is 7.96. The van der Waals surface area contributed by atoms with E-state index < -0.39 is 8.32 Å². The quantitative estimate of drug-likeness (QED) is 0.270. The van der Waals surface area contributed by atoms with Crippen molar-refractivity contribution < 1.29 is 14.0 Å². The monoisotopic (exact) mass is 608 g/mol. The van der Waals surface area contributed by atoms with Gasteiger partial charge >= 0.3 is 6.09 Å². The number of hydrogen-bond acceptors (Lipinski definition) is 4. The van der Waals surface area contributed by atoms with E-state index in [4.69, 9.17) is 9.16 Å². The van der Waals surface area contributed by atoms with Crippen LogP contribution in [0.5, 0.6) is 0 Å². The van der Waals surface area contributed by atoms with Crippen LogP contribution < -0.4 is 10.4 Å². The zero-order valence-corrected chi connectivity index (χ0v) is 27.8. The highest BCUT2D eigenvalue weighted by atomic mass is 28.4. The lowest BCUT2D eigenvalue weighted by Gasteiger charge is -2.55. The van der Waals surface area contributed by atoms with Crippen molar-refractivity contribution in [1.82, 2.24) is 9.80 Å². The van der Waals surface area contributed by atoms with Gasteiger partial charge in [0.25, 0.3) is 8.32 Å². The number of rotatable bonds is 8. The standard InChI is InChI=1S/C38H48N2O3Si/c1-5-42-37(41)40-32-24-29-25-33(40)36(35(32)39(34(29)28-18-15-19-28)26-27-16-9-6-10-17-27)43-44(38(2,3)4,30-20-11-7-12-21-30)31-22-13-8-14-23-31/h6-14,16-17,20-23,28-29,32-36H,5,15,18-19,24-26H2,1-4H3/t29?,32?,33?,34?,35?,36-/m0/s1. The zero-order valence-electron chi connectivity index (χ0n) is 26.8. The number of piperidine rings is 2. The van der Waals surface area contributed by atoms with Crippen molar-refractivity contribution in [2.75, 3.05) is 6.61 Å². The van der Waals surface area contributed by atoms with Gasteiger partial charge in [-0.05, 0) is 65.4 Å². The first-order valence-electron chi connectivity index (χ1n) is 16.9. The fraction of sp³-hybridized carbons (Fsp3) is 0.500. The number of nitrogens with zero attached hydrogens (tertiary/aromatic N) is 2. The van der Waals surface area contributed by atoms with Gasteiger partial charge in [0.1, 0.15) is 0 Å². The minimum absolute atomic E-state index is 0.00722. The molecule has 4 fully saturated rings. The molecule has 44 heavy (non-hydrogen) atoms. The number of fused-ring (bicyclic) bond motifs is 2. The summed E-state index contributed by atoms with van der Waals surface area (Å²) in [4.78, 5) is 18.7. The Bertz CT molecular complexity index is 1390. The Morgan fingerprint density at radius 1 is 0.795 bits per heavy atom. The summed E-state index contributed by atoms with van der Waals surface area (Å²) in [6.45, 7) is 10.3. The Morgan fingerprint density at radius 2 is 1.36 bits per heavy atom. The zero-order chi connectivity index (χ0) is 30.5. The van der Waals surface area contributed by atoms with Crippen molar-refractivity contribution in [3.05, 3.63) is 96.6 Å². The molecule has 3 bridgehead atoms. The first-order valence-corrected chi connectivity index (χ1v) is 18.8. The summed E-state index contributed by atoms with van der Waals surface area (Å²) < 4.78 is 13.8. The number of likely N-dealkylation sites (tertiary alicyclic amines) is 1. The van der Waals surface area contributed by atoms with E-state index in [1.165, 1.54) is 35.2 Å². The highest BCUT2D eigenvalue weighted by molar-refractivity contribution is 6.99. The third-order valence-corrected chi connectivity index (χ3v) is 16.2. The van der Waals surface area contributed by atoms with Gasteiger partial charge in [-0.1, -0.05) is 118 Å². The molecule has 3 aromatic carbocycles. The number of amides is 1. The van der Waals surface area contributed by atoms with E-state index in [2.05, 4.69) is 122 Å². The van der Waals surface area contributed by atoms with E-state index >= 15 is 0 Å². The highest BCUT2D eigenvalue weighted by Gasteiger charge is 2.66. The molecule has 3 aromatic rings. The SMILES string of the molecule is CCOC(=O)N1C2CC3CC1[C@H](O[Si](c1ccccc1)(c1ccccc1)C(C)(C)C)C2N(Cc1ccccc1)C3C1CCC1. The fourth-order valence-corrected chi connectivity index (χ4v) is 14.1. The molecule has 3 aliphatic heterocycles. The average molecular weight is 609 g/mol. The van der Waals surface area contributed by atoms with Gasteiger partial charge in [0.15, 0.2) is 0 Å². The molecule has 5 unspecified atom stereocenters. The normalized spacial score (nSPS) is 28.6. The molecule has 6 heteroatoms. The molecule has 0 aromatic heterocycles. The van der Waals surface area contributed by atoms with E-state index in [0.717, 1.165) is 25.3 Å². The van der Waals surface area contributed by atoms with Gasteiger partial charge in [0.2, 0.25) is 0 Å². The van der Waals surface area contributed by atoms with Crippen LogP contribution in [0.4, 0.5) is 4.79 Å². The largest absolute Gasteiger partial charge is 0.450 e. The summed E-state index contributed by atoms with van der Waals surface area (Å²) in [6, 6.07) is 33.7. The second-order valence-electron chi connectivity index (χ2n) is 14.5. The van der Waals surface area contributed by atoms with Crippen molar-refractivity contribution in [2.45, 2.75) is 102 Å². The molecule has 0 N–H and O–H groups in total. The van der Waals surface area contributed by atoms with Crippen LogP contribution in [-0.4, -0.2) is 61.1 Å². The summed E-state index contributed by atoms with van der Waals surface area (Å²) in [5, 5.41) is 2.45. The van der Waals surface area contributed by atoms with E-state index in [1.54, 1.807) is 0 Å². The Morgan fingerprint density at radius 3 is 1.89 bits per heavy atom. The third kappa shape index (κ3) is 4.85. The predicted molar refractivity (Wildman–Crippen MR) is 179 cm³/mol. The van der Waals surface area contributed by atoms with Crippen LogP contribution in [0, 0.1) is 11.8 Å². The molecule has 1 saturated carbocycles. The van der Waals surface area contributed by atoms with E-state index in [9.17, 15) is 4.79 Å². The molecular weight excluding hydrogens is 561 g/mol. The molecule has 0 radical (unpaired) electrons. The van der Waals surface area contributed by atoms with Gasteiger partial charge in [0.05, 0.1) is 30.8 Å². The molecule has 0 spiro atoms.